The summed E-state index contributed by atoms with van der Waals surface area (Å²) in [5, 5.41) is 0. The number of rotatable bonds is 2. The highest BCUT2D eigenvalue weighted by atomic mass is 19.4. The van der Waals surface area contributed by atoms with E-state index in [0.29, 0.717) is 13.1 Å². The zero-order valence-electron chi connectivity index (χ0n) is 7.69. The Morgan fingerprint density at radius 1 is 1.46 bits per heavy atom. The lowest BCUT2D eigenvalue weighted by Crippen LogP contribution is -2.37. The molecule has 13 heavy (non-hydrogen) atoms. The van der Waals surface area contributed by atoms with Gasteiger partial charge in [-0.05, 0) is 12.8 Å². The van der Waals surface area contributed by atoms with Crippen molar-refractivity contribution >= 4 is 0 Å². The van der Waals surface area contributed by atoms with E-state index in [0.717, 1.165) is 12.8 Å². The van der Waals surface area contributed by atoms with Gasteiger partial charge < -0.3 is 0 Å². The third-order valence-corrected chi connectivity index (χ3v) is 2.24. The van der Waals surface area contributed by atoms with Crippen LogP contribution in [0.4, 0.5) is 13.2 Å². The molecule has 0 unspecified atom stereocenters. The molecule has 1 aliphatic rings. The van der Waals surface area contributed by atoms with Gasteiger partial charge in [0, 0.05) is 13.1 Å². The minimum atomic E-state index is -4.06. The van der Waals surface area contributed by atoms with Crippen LogP contribution < -0.4 is 0 Å². The van der Waals surface area contributed by atoms with Crippen LogP contribution >= 0.6 is 0 Å². The van der Waals surface area contributed by atoms with E-state index in [1.165, 1.54) is 10.5 Å². The Balaban J connectivity index is 2.38. The summed E-state index contributed by atoms with van der Waals surface area (Å²) in [5.41, 5.74) is 1.28. The van der Waals surface area contributed by atoms with Gasteiger partial charge in [-0.2, -0.15) is 13.2 Å². The van der Waals surface area contributed by atoms with Crippen molar-refractivity contribution in [3.63, 3.8) is 0 Å². The maximum atomic E-state index is 12.0. The molecular weight excluding hydrogens is 179 g/mol. The second kappa shape index (κ2) is 4.13. The van der Waals surface area contributed by atoms with Crippen LogP contribution in [0, 0.1) is 0 Å². The largest absolute Gasteiger partial charge is 0.401 e. The summed E-state index contributed by atoms with van der Waals surface area (Å²) in [5.74, 6) is 0. The molecule has 0 aromatic carbocycles. The molecule has 4 heteroatoms. The van der Waals surface area contributed by atoms with Crippen molar-refractivity contribution in [1.82, 2.24) is 4.90 Å². The normalized spacial score (nSPS) is 20.2. The fourth-order valence-corrected chi connectivity index (χ4v) is 1.47. The highest BCUT2D eigenvalue weighted by molar-refractivity contribution is 5.06. The number of hydrogen-bond donors (Lipinski definition) is 0. The molecule has 0 N–H and O–H groups in total. The molecule has 0 saturated heterocycles. The molecule has 0 atom stereocenters. The van der Waals surface area contributed by atoms with Crippen molar-refractivity contribution in [2.45, 2.75) is 25.9 Å². The zero-order chi connectivity index (χ0) is 9.90. The maximum absolute atomic E-state index is 12.0. The lowest BCUT2D eigenvalue weighted by molar-refractivity contribution is -0.145. The lowest BCUT2D eigenvalue weighted by Gasteiger charge is -2.26. The fourth-order valence-electron chi connectivity index (χ4n) is 1.47. The molecule has 1 heterocycles. The van der Waals surface area contributed by atoms with Crippen LogP contribution in [0.3, 0.4) is 0 Å². The van der Waals surface area contributed by atoms with Crippen LogP contribution in [0.5, 0.6) is 0 Å². The Morgan fingerprint density at radius 2 is 2.15 bits per heavy atom. The molecule has 0 radical (unpaired) electrons. The van der Waals surface area contributed by atoms with E-state index in [1.807, 2.05) is 13.0 Å². The second-order valence-corrected chi connectivity index (χ2v) is 3.32. The van der Waals surface area contributed by atoms with Gasteiger partial charge in [0.2, 0.25) is 0 Å². The molecule has 1 aliphatic heterocycles. The first-order chi connectivity index (χ1) is 6.01. The number of nitrogens with zero attached hydrogens (tertiary/aromatic N) is 1. The summed E-state index contributed by atoms with van der Waals surface area (Å²) < 4.78 is 35.9. The van der Waals surface area contributed by atoms with Gasteiger partial charge in [-0.3, -0.25) is 4.90 Å². The van der Waals surface area contributed by atoms with Crippen molar-refractivity contribution in [2.24, 2.45) is 0 Å². The quantitative estimate of drug-likeness (QED) is 0.609. The molecule has 0 saturated carbocycles. The Bertz CT molecular complexity index is 196. The SMILES string of the molecule is CCC1=CCN(CC(F)(F)F)CC1. The summed E-state index contributed by atoms with van der Waals surface area (Å²) in [6.07, 6.45) is -0.404. The van der Waals surface area contributed by atoms with Gasteiger partial charge in [0.05, 0.1) is 6.54 Å². The first-order valence-electron chi connectivity index (χ1n) is 4.48. The van der Waals surface area contributed by atoms with E-state index in [2.05, 4.69) is 0 Å². The predicted octanol–water partition coefficient (Wildman–Crippen LogP) is 2.59. The van der Waals surface area contributed by atoms with Gasteiger partial charge in [0.1, 0.15) is 0 Å². The Hall–Kier alpha value is -0.510. The van der Waals surface area contributed by atoms with Gasteiger partial charge in [0.15, 0.2) is 0 Å². The fraction of sp³-hybridized carbons (Fsp3) is 0.778. The van der Waals surface area contributed by atoms with Crippen molar-refractivity contribution in [3.05, 3.63) is 11.6 Å². The van der Waals surface area contributed by atoms with Crippen LogP contribution in [0.25, 0.3) is 0 Å². The molecule has 76 valence electrons. The molecule has 0 aromatic heterocycles. The van der Waals surface area contributed by atoms with Crippen molar-refractivity contribution < 1.29 is 13.2 Å². The Morgan fingerprint density at radius 3 is 2.54 bits per heavy atom. The number of halogens is 3. The van der Waals surface area contributed by atoms with E-state index in [-0.39, 0.29) is 0 Å². The standard InChI is InChI=1S/C9H14F3N/c1-2-8-3-5-13(6-4-8)7-9(10,11)12/h3H,2,4-7H2,1H3. The van der Waals surface area contributed by atoms with E-state index < -0.39 is 12.7 Å². The van der Waals surface area contributed by atoms with E-state index >= 15 is 0 Å². The third-order valence-electron chi connectivity index (χ3n) is 2.24. The first-order valence-corrected chi connectivity index (χ1v) is 4.48. The zero-order valence-corrected chi connectivity index (χ0v) is 7.69. The van der Waals surface area contributed by atoms with E-state index in [9.17, 15) is 13.2 Å². The van der Waals surface area contributed by atoms with E-state index in [4.69, 9.17) is 0 Å². The van der Waals surface area contributed by atoms with Crippen molar-refractivity contribution in [2.75, 3.05) is 19.6 Å². The lowest BCUT2D eigenvalue weighted by atomic mass is 10.1. The highest BCUT2D eigenvalue weighted by Crippen LogP contribution is 2.20. The minimum absolute atomic E-state index is 0.447. The van der Waals surface area contributed by atoms with Crippen LogP contribution in [-0.2, 0) is 0 Å². The van der Waals surface area contributed by atoms with Gasteiger partial charge in [-0.15, -0.1) is 0 Å². The molecule has 0 amide bonds. The summed E-state index contributed by atoms with van der Waals surface area (Å²) >= 11 is 0. The van der Waals surface area contributed by atoms with Crippen LogP contribution in [0.2, 0.25) is 0 Å². The summed E-state index contributed by atoms with van der Waals surface area (Å²) in [6.45, 7) is 2.24. The Labute approximate surface area is 76.2 Å². The minimum Gasteiger partial charge on any atom is -0.291 e. The van der Waals surface area contributed by atoms with Gasteiger partial charge in [-0.25, -0.2) is 0 Å². The van der Waals surface area contributed by atoms with Gasteiger partial charge in [0.25, 0.3) is 0 Å². The predicted molar refractivity (Wildman–Crippen MR) is 45.5 cm³/mol. The first kappa shape index (κ1) is 10.6. The smallest absolute Gasteiger partial charge is 0.291 e. The summed E-state index contributed by atoms with van der Waals surface area (Å²) in [6, 6.07) is 0. The number of hydrogen-bond acceptors (Lipinski definition) is 1. The molecule has 0 spiro atoms. The monoisotopic (exact) mass is 193 g/mol. The van der Waals surface area contributed by atoms with Crippen molar-refractivity contribution in [1.29, 1.82) is 0 Å². The number of alkyl halides is 3. The molecular formula is C9H14F3N. The average molecular weight is 193 g/mol. The molecule has 0 fully saturated rings. The Kier molecular flexibility index (Phi) is 3.36. The molecule has 1 rings (SSSR count). The maximum Gasteiger partial charge on any atom is 0.401 e. The van der Waals surface area contributed by atoms with E-state index in [1.54, 1.807) is 0 Å². The molecule has 0 aliphatic carbocycles. The van der Waals surface area contributed by atoms with Gasteiger partial charge in [-0.1, -0.05) is 18.6 Å². The second-order valence-electron chi connectivity index (χ2n) is 3.32. The topological polar surface area (TPSA) is 3.24 Å². The van der Waals surface area contributed by atoms with Crippen LogP contribution in [0.15, 0.2) is 11.6 Å². The highest BCUT2D eigenvalue weighted by Gasteiger charge is 2.30. The molecule has 0 aromatic rings. The summed E-state index contributed by atoms with van der Waals surface area (Å²) in [7, 11) is 0. The molecule has 1 nitrogen and oxygen atoms in total. The summed E-state index contributed by atoms with van der Waals surface area (Å²) in [4.78, 5) is 1.43. The van der Waals surface area contributed by atoms with Crippen LogP contribution in [0.1, 0.15) is 19.8 Å². The average Bonchev–Trinajstić information content (AvgIpc) is 2.03. The van der Waals surface area contributed by atoms with Crippen molar-refractivity contribution in [3.8, 4) is 0 Å². The van der Waals surface area contributed by atoms with Gasteiger partial charge >= 0.3 is 6.18 Å². The molecule has 0 bridgehead atoms. The third kappa shape index (κ3) is 3.81. The van der Waals surface area contributed by atoms with Crippen LogP contribution in [-0.4, -0.2) is 30.7 Å².